The number of amides is 2. The van der Waals surface area contributed by atoms with E-state index >= 15 is 0 Å². The van der Waals surface area contributed by atoms with Crippen LogP contribution in [0.15, 0.2) is 18.2 Å². The van der Waals surface area contributed by atoms with E-state index < -0.39 is 6.10 Å². The lowest BCUT2D eigenvalue weighted by molar-refractivity contribution is -0.124. The predicted molar refractivity (Wildman–Crippen MR) is 81.7 cm³/mol. The molecule has 1 aromatic carbocycles. The van der Waals surface area contributed by atoms with Crippen molar-refractivity contribution in [2.24, 2.45) is 0 Å². The Balaban J connectivity index is 2.11. The lowest BCUT2D eigenvalue weighted by atomic mass is 10.1. The SMILES string of the molecule is CC(C)NC(=O)c1ccc(Cl)c(NC(=O)C2CCCO2)c1. The van der Waals surface area contributed by atoms with Gasteiger partial charge in [0.15, 0.2) is 0 Å². The van der Waals surface area contributed by atoms with Crippen molar-refractivity contribution < 1.29 is 14.3 Å². The van der Waals surface area contributed by atoms with Crippen LogP contribution in [-0.2, 0) is 9.53 Å². The largest absolute Gasteiger partial charge is 0.368 e. The highest BCUT2D eigenvalue weighted by molar-refractivity contribution is 6.34. The molecule has 1 atom stereocenters. The second-order valence-electron chi connectivity index (χ2n) is 5.31. The molecular formula is C15H19ClN2O3. The fourth-order valence-electron chi connectivity index (χ4n) is 2.11. The Hall–Kier alpha value is -1.59. The van der Waals surface area contributed by atoms with Crippen molar-refractivity contribution in [3.05, 3.63) is 28.8 Å². The van der Waals surface area contributed by atoms with Crippen molar-refractivity contribution in [1.82, 2.24) is 5.32 Å². The zero-order valence-electron chi connectivity index (χ0n) is 12.1. The highest BCUT2D eigenvalue weighted by atomic mass is 35.5. The molecular weight excluding hydrogens is 292 g/mol. The molecule has 1 aliphatic heterocycles. The zero-order chi connectivity index (χ0) is 15.4. The Morgan fingerprint density at radius 2 is 2.14 bits per heavy atom. The van der Waals surface area contributed by atoms with Gasteiger partial charge in [0.05, 0.1) is 10.7 Å². The van der Waals surface area contributed by atoms with Crippen LogP contribution in [0.2, 0.25) is 5.02 Å². The van der Waals surface area contributed by atoms with Crippen LogP contribution >= 0.6 is 11.6 Å². The van der Waals surface area contributed by atoms with Gasteiger partial charge in [-0.3, -0.25) is 9.59 Å². The van der Waals surface area contributed by atoms with Crippen molar-refractivity contribution in [2.45, 2.75) is 38.8 Å². The predicted octanol–water partition coefficient (Wildman–Crippen LogP) is 2.60. The number of carbonyl (C=O) groups excluding carboxylic acids is 2. The standard InChI is InChI=1S/C15H19ClN2O3/c1-9(2)17-14(19)10-5-6-11(16)12(8-10)18-15(20)13-4-3-7-21-13/h5-6,8-9,13H,3-4,7H2,1-2H3,(H,17,19)(H,18,20). The van der Waals surface area contributed by atoms with Crippen molar-refractivity contribution in [3.8, 4) is 0 Å². The molecule has 1 aromatic rings. The first-order valence-electron chi connectivity index (χ1n) is 7.00. The average molecular weight is 311 g/mol. The van der Waals surface area contributed by atoms with Crippen LogP contribution < -0.4 is 10.6 Å². The van der Waals surface area contributed by atoms with E-state index in [2.05, 4.69) is 10.6 Å². The third kappa shape index (κ3) is 4.19. The van der Waals surface area contributed by atoms with Gasteiger partial charge in [0.1, 0.15) is 6.10 Å². The Morgan fingerprint density at radius 3 is 2.76 bits per heavy atom. The molecule has 1 aliphatic rings. The number of halogens is 1. The van der Waals surface area contributed by atoms with Gasteiger partial charge in [0, 0.05) is 18.2 Å². The van der Waals surface area contributed by atoms with Crippen molar-refractivity contribution >= 4 is 29.1 Å². The highest BCUT2D eigenvalue weighted by Gasteiger charge is 2.24. The monoisotopic (exact) mass is 310 g/mol. The number of benzene rings is 1. The van der Waals surface area contributed by atoms with Crippen molar-refractivity contribution in [1.29, 1.82) is 0 Å². The van der Waals surface area contributed by atoms with E-state index in [9.17, 15) is 9.59 Å². The van der Waals surface area contributed by atoms with Crippen LogP contribution in [0.5, 0.6) is 0 Å². The number of hydrogen-bond acceptors (Lipinski definition) is 3. The molecule has 21 heavy (non-hydrogen) atoms. The summed E-state index contributed by atoms with van der Waals surface area (Å²) in [5, 5.41) is 5.91. The first kappa shape index (κ1) is 15.8. The van der Waals surface area contributed by atoms with E-state index in [-0.39, 0.29) is 17.9 Å². The van der Waals surface area contributed by atoms with Crippen molar-refractivity contribution in [3.63, 3.8) is 0 Å². The summed E-state index contributed by atoms with van der Waals surface area (Å²) in [5.41, 5.74) is 0.879. The Bertz CT molecular complexity index is 540. The summed E-state index contributed by atoms with van der Waals surface area (Å²) in [7, 11) is 0. The minimum absolute atomic E-state index is 0.0399. The number of ether oxygens (including phenoxy) is 1. The second-order valence-corrected chi connectivity index (χ2v) is 5.72. The molecule has 2 rings (SSSR count). The molecule has 1 fully saturated rings. The average Bonchev–Trinajstić information content (AvgIpc) is 2.94. The number of carbonyl (C=O) groups is 2. The van der Waals surface area contributed by atoms with Crippen LogP contribution in [0.4, 0.5) is 5.69 Å². The third-order valence-corrected chi connectivity index (χ3v) is 3.46. The van der Waals surface area contributed by atoms with Crippen LogP contribution in [0, 0.1) is 0 Å². The molecule has 0 bridgehead atoms. The van der Waals surface area contributed by atoms with Gasteiger partial charge in [-0.25, -0.2) is 0 Å². The van der Waals surface area contributed by atoms with E-state index in [0.29, 0.717) is 29.3 Å². The normalized spacial score (nSPS) is 17.8. The second kappa shape index (κ2) is 6.91. The summed E-state index contributed by atoms with van der Waals surface area (Å²) in [6.07, 6.45) is 1.15. The molecule has 6 heteroatoms. The lowest BCUT2D eigenvalue weighted by Crippen LogP contribution is -2.30. The van der Waals surface area contributed by atoms with Gasteiger partial charge in [-0.2, -0.15) is 0 Å². The molecule has 0 saturated carbocycles. The van der Waals surface area contributed by atoms with Gasteiger partial charge in [-0.1, -0.05) is 11.6 Å². The topological polar surface area (TPSA) is 67.4 Å². The van der Waals surface area contributed by atoms with E-state index in [4.69, 9.17) is 16.3 Å². The van der Waals surface area contributed by atoms with Crippen LogP contribution in [0.25, 0.3) is 0 Å². The number of anilines is 1. The summed E-state index contributed by atoms with van der Waals surface area (Å²) in [6.45, 7) is 4.37. The van der Waals surface area contributed by atoms with Crippen molar-refractivity contribution in [2.75, 3.05) is 11.9 Å². The molecule has 1 saturated heterocycles. The molecule has 2 N–H and O–H groups in total. The maximum atomic E-state index is 12.0. The molecule has 1 unspecified atom stereocenters. The summed E-state index contributed by atoms with van der Waals surface area (Å²) in [5.74, 6) is -0.426. The smallest absolute Gasteiger partial charge is 0.253 e. The Labute approximate surface area is 129 Å². The molecule has 0 aromatic heterocycles. The van der Waals surface area contributed by atoms with Gasteiger partial charge in [-0.15, -0.1) is 0 Å². The van der Waals surface area contributed by atoms with E-state index in [1.165, 1.54) is 0 Å². The van der Waals surface area contributed by atoms with Gasteiger partial charge in [0.25, 0.3) is 11.8 Å². The molecule has 0 aliphatic carbocycles. The summed E-state index contributed by atoms with van der Waals surface area (Å²) in [6, 6.07) is 4.84. The molecule has 114 valence electrons. The van der Waals surface area contributed by atoms with Gasteiger partial charge < -0.3 is 15.4 Å². The maximum absolute atomic E-state index is 12.0. The fourth-order valence-corrected chi connectivity index (χ4v) is 2.27. The molecule has 0 spiro atoms. The van der Waals surface area contributed by atoms with Gasteiger partial charge in [-0.05, 0) is 44.9 Å². The van der Waals surface area contributed by atoms with Gasteiger partial charge in [0.2, 0.25) is 0 Å². The van der Waals surface area contributed by atoms with Crippen LogP contribution in [-0.4, -0.2) is 30.6 Å². The first-order chi connectivity index (χ1) is 9.97. The van der Waals surface area contributed by atoms with Crippen LogP contribution in [0.3, 0.4) is 0 Å². The van der Waals surface area contributed by atoms with E-state index in [1.54, 1.807) is 18.2 Å². The highest BCUT2D eigenvalue weighted by Crippen LogP contribution is 2.24. The first-order valence-corrected chi connectivity index (χ1v) is 7.38. The quantitative estimate of drug-likeness (QED) is 0.898. The lowest BCUT2D eigenvalue weighted by Gasteiger charge is -2.13. The third-order valence-electron chi connectivity index (χ3n) is 3.13. The van der Waals surface area contributed by atoms with Crippen LogP contribution in [0.1, 0.15) is 37.0 Å². The summed E-state index contributed by atoms with van der Waals surface area (Å²) < 4.78 is 5.32. The molecule has 5 nitrogen and oxygen atoms in total. The molecule has 2 amide bonds. The minimum Gasteiger partial charge on any atom is -0.368 e. The Morgan fingerprint density at radius 1 is 1.38 bits per heavy atom. The minimum atomic E-state index is -0.436. The molecule has 0 radical (unpaired) electrons. The molecule has 1 heterocycles. The Kier molecular flexibility index (Phi) is 5.20. The van der Waals surface area contributed by atoms with E-state index in [1.807, 2.05) is 13.8 Å². The number of hydrogen-bond donors (Lipinski definition) is 2. The fraction of sp³-hybridized carbons (Fsp3) is 0.467. The zero-order valence-corrected chi connectivity index (χ0v) is 12.9. The van der Waals surface area contributed by atoms with E-state index in [0.717, 1.165) is 6.42 Å². The summed E-state index contributed by atoms with van der Waals surface area (Å²) in [4.78, 5) is 24.0. The number of nitrogens with one attached hydrogen (secondary N) is 2. The maximum Gasteiger partial charge on any atom is 0.253 e. The number of rotatable bonds is 4. The summed E-state index contributed by atoms with van der Waals surface area (Å²) >= 11 is 6.07. The van der Waals surface area contributed by atoms with Gasteiger partial charge >= 0.3 is 0 Å².